The second-order valence-corrected chi connectivity index (χ2v) is 7.98. The lowest BCUT2D eigenvalue weighted by atomic mass is 9.99. The average molecular weight is 447 g/mol. The first-order valence-corrected chi connectivity index (χ1v) is 10.3. The largest absolute Gasteiger partial charge is 0.507 e. The van der Waals surface area contributed by atoms with Crippen molar-refractivity contribution in [2.75, 3.05) is 26.0 Å². The summed E-state index contributed by atoms with van der Waals surface area (Å²) >= 11 is 0. The van der Waals surface area contributed by atoms with Gasteiger partial charge < -0.3 is 30.3 Å². The number of nitrogens with zero attached hydrogens (tertiary/aromatic N) is 1. The Morgan fingerprint density at radius 1 is 1.19 bits per heavy atom. The molecule has 1 aromatic rings. The van der Waals surface area contributed by atoms with Crippen molar-refractivity contribution in [2.24, 2.45) is 5.92 Å². The molecule has 9 nitrogen and oxygen atoms in total. The fraction of sp³-hybridized carbons (Fsp3) is 0.435. The molecule has 0 aromatic heterocycles. The van der Waals surface area contributed by atoms with Gasteiger partial charge in [0.2, 0.25) is 5.91 Å². The van der Waals surface area contributed by atoms with Gasteiger partial charge in [-0.05, 0) is 31.1 Å². The SMILES string of the molecule is C[C@@H]1/C=C/C(=O)[C@H](O)[C@@H](O)C/C=C/c2cc(NCC(=O)N(C)C)cc(O)c2C(=O)O[C@H]1C. The van der Waals surface area contributed by atoms with Gasteiger partial charge in [-0.3, -0.25) is 9.59 Å². The molecule has 1 aliphatic heterocycles. The molecule has 1 amide bonds. The average Bonchev–Trinajstić information content (AvgIpc) is 2.73. The number of esters is 1. The predicted octanol–water partition coefficient (Wildman–Crippen LogP) is 1.34. The number of aliphatic hydroxyl groups excluding tert-OH is 2. The maximum atomic E-state index is 12.8. The minimum absolute atomic E-state index is 0.0205. The van der Waals surface area contributed by atoms with Crippen molar-refractivity contribution in [1.82, 2.24) is 4.90 Å². The fourth-order valence-electron chi connectivity index (χ4n) is 2.93. The summed E-state index contributed by atoms with van der Waals surface area (Å²) in [6.07, 6.45) is 1.96. The Kier molecular flexibility index (Phi) is 8.56. The maximum Gasteiger partial charge on any atom is 0.342 e. The molecule has 0 saturated heterocycles. The third-order valence-corrected chi connectivity index (χ3v) is 5.22. The Labute approximate surface area is 187 Å². The van der Waals surface area contributed by atoms with Crippen LogP contribution in [-0.2, 0) is 14.3 Å². The van der Waals surface area contributed by atoms with Crippen molar-refractivity contribution >= 4 is 29.4 Å². The van der Waals surface area contributed by atoms with Crippen LogP contribution in [0.15, 0.2) is 30.4 Å². The van der Waals surface area contributed by atoms with Gasteiger partial charge in [-0.1, -0.05) is 25.2 Å². The molecule has 0 fully saturated rings. The molecular weight excluding hydrogens is 416 g/mol. The summed E-state index contributed by atoms with van der Waals surface area (Å²) in [6, 6.07) is 2.88. The Morgan fingerprint density at radius 2 is 1.88 bits per heavy atom. The lowest BCUT2D eigenvalue weighted by Crippen LogP contribution is -2.32. The second kappa shape index (κ2) is 10.9. The second-order valence-electron chi connectivity index (χ2n) is 7.98. The number of anilines is 1. The number of likely N-dealkylation sites (N-methyl/N-ethyl adjacent to an activating group) is 1. The summed E-state index contributed by atoms with van der Waals surface area (Å²) in [6.45, 7) is 3.35. The van der Waals surface area contributed by atoms with Crippen LogP contribution < -0.4 is 5.32 Å². The van der Waals surface area contributed by atoms with E-state index in [1.807, 2.05) is 0 Å². The highest BCUT2D eigenvalue weighted by Gasteiger charge is 2.25. The van der Waals surface area contributed by atoms with E-state index in [0.29, 0.717) is 5.69 Å². The smallest absolute Gasteiger partial charge is 0.342 e. The van der Waals surface area contributed by atoms with E-state index in [-0.39, 0.29) is 41.7 Å². The summed E-state index contributed by atoms with van der Waals surface area (Å²) in [7, 11) is 3.23. The van der Waals surface area contributed by atoms with Gasteiger partial charge in [-0.25, -0.2) is 4.79 Å². The summed E-state index contributed by atoms with van der Waals surface area (Å²) in [5.74, 6) is -2.29. The van der Waals surface area contributed by atoms with Crippen LogP contribution in [0.3, 0.4) is 0 Å². The van der Waals surface area contributed by atoms with E-state index in [1.165, 1.54) is 29.2 Å². The van der Waals surface area contributed by atoms with E-state index in [9.17, 15) is 29.7 Å². The van der Waals surface area contributed by atoms with Crippen LogP contribution in [0.25, 0.3) is 6.08 Å². The molecule has 4 atom stereocenters. The van der Waals surface area contributed by atoms with Crippen LogP contribution in [0, 0.1) is 5.92 Å². The van der Waals surface area contributed by atoms with Crippen LogP contribution in [0.1, 0.15) is 36.2 Å². The molecule has 2 rings (SSSR count). The summed E-state index contributed by atoms with van der Waals surface area (Å²) in [4.78, 5) is 38.2. The molecule has 9 heteroatoms. The Morgan fingerprint density at radius 3 is 2.53 bits per heavy atom. The van der Waals surface area contributed by atoms with E-state index in [1.54, 1.807) is 34.0 Å². The Balaban J connectivity index is 2.44. The van der Waals surface area contributed by atoms with Gasteiger partial charge in [0, 0.05) is 31.8 Å². The zero-order chi connectivity index (χ0) is 24.0. The van der Waals surface area contributed by atoms with Crippen LogP contribution in [0.2, 0.25) is 0 Å². The zero-order valence-electron chi connectivity index (χ0n) is 18.6. The van der Waals surface area contributed by atoms with E-state index in [0.717, 1.165) is 6.08 Å². The number of rotatable bonds is 3. The molecular formula is C23H30N2O7. The molecule has 1 aromatic carbocycles. The van der Waals surface area contributed by atoms with Crippen LogP contribution in [0.4, 0.5) is 5.69 Å². The number of ether oxygens (including phenoxy) is 1. The number of carbonyl (C=O) groups excluding carboxylic acids is 3. The lowest BCUT2D eigenvalue weighted by Gasteiger charge is -2.20. The third-order valence-electron chi connectivity index (χ3n) is 5.22. The highest BCUT2D eigenvalue weighted by molar-refractivity contribution is 5.98. The Hall–Kier alpha value is -3.17. The Bertz CT molecular complexity index is 923. The van der Waals surface area contributed by atoms with Gasteiger partial charge in [-0.15, -0.1) is 0 Å². The zero-order valence-corrected chi connectivity index (χ0v) is 18.6. The van der Waals surface area contributed by atoms with E-state index in [2.05, 4.69) is 5.32 Å². The molecule has 0 radical (unpaired) electrons. The number of amides is 1. The number of phenols is 1. The van der Waals surface area contributed by atoms with E-state index in [4.69, 9.17) is 4.74 Å². The number of cyclic esters (lactones) is 1. The predicted molar refractivity (Wildman–Crippen MR) is 119 cm³/mol. The van der Waals surface area contributed by atoms with Crippen LogP contribution in [-0.4, -0.2) is 76.8 Å². The molecule has 4 N–H and O–H groups in total. The molecule has 0 bridgehead atoms. The quantitative estimate of drug-likeness (QED) is 0.511. The summed E-state index contributed by atoms with van der Waals surface area (Å²) in [5, 5.41) is 33.6. The van der Waals surface area contributed by atoms with Gasteiger partial charge in [0.25, 0.3) is 0 Å². The maximum absolute atomic E-state index is 12.8. The highest BCUT2D eigenvalue weighted by Crippen LogP contribution is 2.30. The molecule has 1 heterocycles. The van der Waals surface area contributed by atoms with Gasteiger partial charge in [0.05, 0.1) is 12.6 Å². The van der Waals surface area contributed by atoms with Gasteiger partial charge >= 0.3 is 5.97 Å². The summed E-state index contributed by atoms with van der Waals surface area (Å²) < 4.78 is 5.48. The van der Waals surface area contributed by atoms with Crippen LogP contribution >= 0.6 is 0 Å². The van der Waals surface area contributed by atoms with Crippen molar-refractivity contribution in [3.63, 3.8) is 0 Å². The number of benzene rings is 1. The normalized spacial score (nSPS) is 26.3. The van der Waals surface area contributed by atoms with E-state index < -0.39 is 30.1 Å². The number of aromatic hydroxyl groups is 1. The number of hydrogen-bond acceptors (Lipinski definition) is 8. The molecule has 0 unspecified atom stereocenters. The topological polar surface area (TPSA) is 136 Å². The van der Waals surface area contributed by atoms with Crippen molar-refractivity contribution in [3.8, 4) is 5.75 Å². The number of aliphatic hydroxyl groups is 2. The minimum Gasteiger partial charge on any atom is -0.507 e. The number of phenolic OH excluding ortho intramolecular Hbond substituents is 1. The molecule has 0 saturated carbocycles. The first kappa shape index (κ1) is 25.1. The summed E-state index contributed by atoms with van der Waals surface area (Å²) in [5.41, 5.74) is 0.613. The fourth-order valence-corrected chi connectivity index (χ4v) is 2.93. The molecule has 174 valence electrons. The van der Waals surface area contributed by atoms with Crippen molar-refractivity contribution in [3.05, 3.63) is 41.5 Å². The van der Waals surface area contributed by atoms with Gasteiger partial charge in [0.1, 0.15) is 23.5 Å². The lowest BCUT2D eigenvalue weighted by molar-refractivity contribution is -0.128. The molecule has 0 spiro atoms. The number of nitrogens with one attached hydrogen (secondary N) is 1. The van der Waals surface area contributed by atoms with Crippen molar-refractivity contribution in [1.29, 1.82) is 0 Å². The van der Waals surface area contributed by atoms with Crippen molar-refractivity contribution in [2.45, 2.75) is 38.6 Å². The number of hydrogen-bond donors (Lipinski definition) is 4. The standard InChI is InChI=1S/C23H30N2O7/c1-13-8-9-18(27)22(30)17(26)7-5-6-15-10-16(24-12-20(29)25(3)4)11-19(28)21(15)23(31)32-14(13)2/h5-6,8-11,13-14,17,22,24,26,28,30H,7,12H2,1-4H3/b6-5+,9-8+/t13-,14+,17+,22-/m1/s1. The van der Waals surface area contributed by atoms with Crippen LogP contribution in [0.5, 0.6) is 5.75 Å². The van der Waals surface area contributed by atoms with E-state index >= 15 is 0 Å². The van der Waals surface area contributed by atoms with Gasteiger partial charge in [-0.2, -0.15) is 0 Å². The first-order valence-electron chi connectivity index (χ1n) is 10.3. The molecule has 32 heavy (non-hydrogen) atoms. The molecule has 0 aliphatic carbocycles. The minimum atomic E-state index is -1.60. The highest BCUT2D eigenvalue weighted by atomic mass is 16.5. The number of ketones is 1. The number of carbonyl (C=O) groups is 3. The third kappa shape index (κ3) is 6.41. The number of fused-ring (bicyclic) bond motifs is 1. The van der Waals surface area contributed by atoms with Crippen molar-refractivity contribution < 1.29 is 34.4 Å². The monoisotopic (exact) mass is 446 g/mol. The van der Waals surface area contributed by atoms with Gasteiger partial charge in [0.15, 0.2) is 5.78 Å². The first-order chi connectivity index (χ1) is 15.0. The molecule has 1 aliphatic rings.